The van der Waals surface area contributed by atoms with Gasteiger partial charge >= 0.3 is 0 Å². The lowest BCUT2D eigenvalue weighted by molar-refractivity contribution is 0.302. The van der Waals surface area contributed by atoms with E-state index < -0.39 is 10.2 Å². The first-order valence-corrected chi connectivity index (χ1v) is 9.20. The summed E-state index contributed by atoms with van der Waals surface area (Å²) in [7, 11) is -1.72. The maximum Gasteiger partial charge on any atom is 0.282 e. The van der Waals surface area contributed by atoms with E-state index in [0.29, 0.717) is 25.4 Å². The van der Waals surface area contributed by atoms with Crippen LogP contribution < -0.4 is 0 Å². The molecular weight excluding hydrogens is 316 g/mol. The highest BCUT2D eigenvalue weighted by atomic mass is 32.2. The maximum absolute atomic E-state index is 13.1. The van der Waals surface area contributed by atoms with Crippen molar-refractivity contribution in [3.8, 4) is 0 Å². The summed E-state index contributed by atoms with van der Waals surface area (Å²) in [5.41, 5.74) is 0.881. The van der Waals surface area contributed by atoms with Crippen molar-refractivity contribution in [3.63, 3.8) is 0 Å². The molecule has 1 aliphatic heterocycles. The van der Waals surface area contributed by atoms with E-state index in [1.54, 1.807) is 27.5 Å². The summed E-state index contributed by atoms with van der Waals surface area (Å²) in [4.78, 5) is 0. The topological polar surface area (TPSA) is 71.6 Å². The second-order valence-corrected chi connectivity index (χ2v) is 7.62. The number of furan rings is 1. The molecule has 0 amide bonds. The van der Waals surface area contributed by atoms with Gasteiger partial charge in [-0.05, 0) is 25.0 Å². The Morgan fingerprint density at radius 1 is 1.48 bits per heavy atom. The summed E-state index contributed by atoms with van der Waals surface area (Å²) >= 11 is 0. The van der Waals surface area contributed by atoms with Crippen LogP contribution in [-0.2, 0) is 23.8 Å². The minimum absolute atomic E-state index is 0.210. The fourth-order valence-electron chi connectivity index (χ4n) is 3.04. The van der Waals surface area contributed by atoms with E-state index in [2.05, 4.69) is 5.10 Å². The lowest BCUT2D eigenvalue weighted by Gasteiger charge is -2.29. The van der Waals surface area contributed by atoms with E-state index in [1.165, 1.54) is 4.31 Å². The third-order valence-corrected chi connectivity index (χ3v) is 6.24. The van der Waals surface area contributed by atoms with Gasteiger partial charge in [0, 0.05) is 38.4 Å². The predicted octanol–water partition coefficient (Wildman–Crippen LogP) is 1.92. The average Bonchev–Trinajstić information content (AvgIpc) is 3.25. The zero-order valence-electron chi connectivity index (χ0n) is 13.4. The number of hydrogen-bond acceptors (Lipinski definition) is 4. The van der Waals surface area contributed by atoms with Crippen LogP contribution >= 0.6 is 0 Å². The first-order chi connectivity index (χ1) is 11.0. The van der Waals surface area contributed by atoms with E-state index in [9.17, 15) is 8.42 Å². The normalized spacial score (nSPS) is 19.7. The van der Waals surface area contributed by atoms with Crippen molar-refractivity contribution in [2.75, 3.05) is 13.1 Å². The summed E-state index contributed by atoms with van der Waals surface area (Å²) in [6, 6.07) is 3.43. The highest BCUT2D eigenvalue weighted by Gasteiger charge is 2.39. The zero-order chi connectivity index (χ0) is 16.4. The third kappa shape index (κ3) is 3.19. The fourth-order valence-corrected chi connectivity index (χ4v) is 4.87. The molecule has 23 heavy (non-hydrogen) atoms. The second-order valence-electron chi connectivity index (χ2n) is 5.74. The van der Waals surface area contributed by atoms with Crippen LogP contribution in [-0.4, -0.2) is 39.9 Å². The largest absolute Gasteiger partial charge is 0.468 e. The minimum atomic E-state index is -3.55. The van der Waals surface area contributed by atoms with Crippen molar-refractivity contribution < 1.29 is 12.8 Å². The van der Waals surface area contributed by atoms with Crippen molar-refractivity contribution in [1.29, 1.82) is 0 Å². The molecule has 0 spiro atoms. The summed E-state index contributed by atoms with van der Waals surface area (Å²) in [5.74, 6) is 0.712. The molecule has 3 heterocycles. The molecule has 0 aliphatic carbocycles. The molecule has 1 saturated heterocycles. The van der Waals surface area contributed by atoms with Gasteiger partial charge in [-0.2, -0.15) is 22.1 Å². The molecule has 3 rings (SSSR count). The van der Waals surface area contributed by atoms with Gasteiger partial charge in [0.15, 0.2) is 0 Å². The van der Waals surface area contributed by atoms with Crippen LogP contribution in [0.3, 0.4) is 0 Å². The van der Waals surface area contributed by atoms with Crippen molar-refractivity contribution >= 4 is 10.2 Å². The lowest BCUT2D eigenvalue weighted by Crippen LogP contribution is -2.43. The zero-order valence-corrected chi connectivity index (χ0v) is 14.2. The highest BCUT2D eigenvalue weighted by Crippen LogP contribution is 2.35. The summed E-state index contributed by atoms with van der Waals surface area (Å²) in [5, 5.41) is 4.11. The first-order valence-electron chi connectivity index (χ1n) is 7.80. The van der Waals surface area contributed by atoms with Gasteiger partial charge in [0.2, 0.25) is 0 Å². The van der Waals surface area contributed by atoms with Crippen LogP contribution in [0.1, 0.15) is 37.1 Å². The minimum Gasteiger partial charge on any atom is -0.468 e. The van der Waals surface area contributed by atoms with Crippen LogP contribution in [0, 0.1) is 0 Å². The Morgan fingerprint density at radius 2 is 2.30 bits per heavy atom. The van der Waals surface area contributed by atoms with Gasteiger partial charge in [-0.15, -0.1) is 0 Å². The Hall–Kier alpha value is -1.64. The van der Waals surface area contributed by atoms with Crippen LogP contribution in [0.15, 0.2) is 35.2 Å². The monoisotopic (exact) mass is 338 g/mol. The Morgan fingerprint density at radius 3 is 2.91 bits per heavy atom. The molecule has 8 heteroatoms. The van der Waals surface area contributed by atoms with Gasteiger partial charge in [0.25, 0.3) is 10.2 Å². The molecule has 1 atom stereocenters. The Balaban J connectivity index is 1.83. The second kappa shape index (κ2) is 6.46. The Bertz CT molecular complexity index is 739. The Kier molecular flexibility index (Phi) is 4.56. The van der Waals surface area contributed by atoms with E-state index in [4.69, 9.17) is 4.42 Å². The molecule has 0 radical (unpaired) electrons. The van der Waals surface area contributed by atoms with Crippen molar-refractivity contribution in [1.82, 2.24) is 18.4 Å². The maximum atomic E-state index is 13.1. The smallest absolute Gasteiger partial charge is 0.282 e. The molecule has 0 N–H and O–H groups in total. The fraction of sp³-hybridized carbons (Fsp3) is 0.533. The number of aromatic nitrogens is 2. The van der Waals surface area contributed by atoms with Gasteiger partial charge in [0.05, 0.1) is 18.5 Å². The average molecular weight is 338 g/mol. The molecule has 0 saturated carbocycles. The molecule has 7 nitrogen and oxygen atoms in total. The SMILES string of the molecule is CCN(Cc1cnn(C)c1)S(=O)(=O)N1CCC[C@H]1c1ccco1. The van der Waals surface area contributed by atoms with Gasteiger partial charge in [-0.1, -0.05) is 6.92 Å². The van der Waals surface area contributed by atoms with Gasteiger partial charge < -0.3 is 4.42 Å². The number of nitrogens with zero attached hydrogens (tertiary/aromatic N) is 4. The molecule has 0 aromatic carbocycles. The van der Waals surface area contributed by atoms with Crippen LogP contribution in [0.5, 0.6) is 0 Å². The van der Waals surface area contributed by atoms with Gasteiger partial charge in [0.1, 0.15) is 5.76 Å². The van der Waals surface area contributed by atoms with Gasteiger partial charge in [-0.3, -0.25) is 4.68 Å². The molecule has 1 fully saturated rings. The number of aryl methyl sites for hydroxylation is 1. The third-order valence-electron chi connectivity index (χ3n) is 4.17. The predicted molar refractivity (Wildman–Crippen MR) is 85.6 cm³/mol. The van der Waals surface area contributed by atoms with Crippen molar-refractivity contribution in [2.45, 2.75) is 32.4 Å². The number of rotatable bonds is 6. The van der Waals surface area contributed by atoms with E-state index in [-0.39, 0.29) is 6.04 Å². The summed E-state index contributed by atoms with van der Waals surface area (Å²) < 4.78 is 36.3. The van der Waals surface area contributed by atoms with E-state index >= 15 is 0 Å². The van der Waals surface area contributed by atoms with Gasteiger partial charge in [-0.25, -0.2) is 0 Å². The van der Waals surface area contributed by atoms with Crippen LogP contribution in [0.25, 0.3) is 0 Å². The summed E-state index contributed by atoms with van der Waals surface area (Å²) in [6.07, 6.45) is 6.76. The standard InChI is InChI=1S/C15H22N4O3S/c1-3-18(12-13-10-16-17(2)11-13)23(20,21)19-8-4-6-14(19)15-7-5-9-22-15/h5,7,9-11,14H,3-4,6,8,12H2,1-2H3/t14-/m0/s1. The first kappa shape index (κ1) is 16.2. The highest BCUT2D eigenvalue weighted by molar-refractivity contribution is 7.86. The molecular formula is C15H22N4O3S. The van der Waals surface area contributed by atoms with Crippen molar-refractivity contribution in [3.05, 3.63) is 42.1 Å². The lowest BCUT2D eigenvalue weighted by atomic mass is 10.2. The van der Waals surface area contributed by atoms with Crippen LogP contribution in [0.2, 0.25) is 0 Å². The molecule has 126 valence electrons. The quantitative estimate of drug-likeness (QED) is 0.807. The van der Waals surface area contributed by atoms with E-state index in [0.717, 1.165) is 18.4 Å². The molecule has 2 aromatic rings. The number of hydrogen-bond donors (Lipinski definition) is 0. The van der Waals surface area contributed by atoms with Crippen molar-refractivity contribution in [2.24, 2.45) is 7.05 Å². The van der Waals surface area contributed by atoms with Crippen LogP contribution in [0.4, 0.5) is 0 Å². The molecule has 2 aromatic heterocycles. The van der Waals surface area contributed by atoms with E-state index in [1.807, 2.05) is 26.2 Å². The molecule has 1 aliphatic rings. The molecule has 0 unspecified atom stereocenters. The molecule has 0 bridgehead atoms. The Labute approximate surface area is 136 Å². The summed E-state index contributed by atoms with van der Waals surface area (Å²) in [6.45, 7) is 3.12.